The van der Waals surface area contributed by atoms with Gasteiger partial charge in [-0.05, 0) is 55.3 Å². The number of hydrogen-bond donors (Lipinski definition) is 0. The molecule has 1 saturated heterocycles. The van der Waals surface area contributed by atoms with Crippen molar-refractivity contribution in [2.45, 2.75) is 26.2 Å². The highest BCUT2D eigenvalue weighted by Gasteiger charge is 2.22. The van der Waals surface area contributed by atoms with Gasteiger partial charge in [-0.1, -0.05) is 40.6 Å². The zero-order chi connectivity index (χ0) is 23.0. The molecule has 1 aliphatic rings. The highest BCUT2D eigenvalue weighted by molar-refractivity contribution is 9.10. The standard InChI is InChI=1S/C25H30BrN3O3S/c1-2-3-15-32-21-8-5-19(6-9-21)24(30)29(12-4-11-28-13-16-31-17-14-28)25-27-22-10-7-20(26)18-23(22)33-25/h5-10,18H,2-4,11-17H2,1H3. The fraction of sp³-hybridized carbons (Fsp3) is 0.440. The topological polar surface area (TPSA) is 54.9 Å². The van der Waals surface area contributed by atoms with Gasteiger partial charge in [-0.25, -0.2) is 4.98 Å². The first kappa shape index (κ1) is 24.1. The summed E-state index contributed by atoms with van der Waals surface area (Å²) in [5.74, 6) is 0.763. The van der Waals surface area contributed by atoms with Gasteiger partial charge >= 0.3 is 0 Å². The van der Waals surface area contributed by atoms with Crippen LogP contribution >= 0.6 is 27.3 Å². The number of hydrogen-bond acceptors (Lipinski definition) is 6. The average molecular weight is 533 g/mol. The molecule has 1 fully saturated rings. The number of amides is 1. The lowest BCUT2D eigenvalue weighted by Gasteiger charge is -2.27. The molecular formula is C25H30BrN3O3S. The van der Waals surface area contributed by atoms with Gasteiger partial charge in [0.05, 0.1) is 30.0 Å². The Morgan fingerprint density at radius 3 is 2.73 bits per heavy atom. The minimum atomic E-state index is -0.0322. The minimum Gasteiger partial charge on any atom is -0.494 e. The van der Waals surface area contributed by atoms with Crippen LogP contribution in [0.3, 0.4) is 0 Å². The van der Waals surface area contributed by atoms with Crippen molar-refractivity contribution in [1.82, 2.24) is 9.88 Å². The summed E-state index contributed by atoms with van der Waals surface area (Å²) in [6.07, 6.45) is 2.99. The van der Waals surface area contributed by atoms with Crippen LogP contribution in [0.5, 0.6) is 5.75 Å². The summed E-state index contributed by atoms with van der Waals surface area (Å²) >= 11 is 5.08. The molecule has 4 rings (SSSR count). The second-order valence-electron chi connectivity index (χ2n) is 8.10. The molecule has 0 N–H and O–H groups in total. The number of aromatic nitrogens is 1. The van der Waals surface area contributed by atoms with E-state index in [9.17, 15) is 4.79 Å². The number of thiazole rings is 1. The van der Waals surface area contributed by atoms with Crippen LogP contribution in [0.4, 0.5) is 5.13 Å². The van der Waals surface area contributed by atoms with Crippen LogP contribution in [-0.4, -0.2) is 61.8 Å². The molecule has 0 spiro atoms. The Hall–Kier alpha value is -2.00. The van der Waals surface area contributed by atoms with Gasteiger partial charge in [0.1, 0.15) is 5.75 Å². The van der Waals surface area contributed by atoms with Crippen LogP contribution in [0.15, 0.2) is 46.9 Å². The van der Waals surface area contributed by atoms with Gasteiger partial charge in [0.25, 0.3) is 5.91 Å². The van der Waals surface area contributed by atoms with Gasteiger partial charge in [0, 0.05) is 36.2 Å². The van der Waals surface area contributed by atoms with E-state index in [-0.39, 0.29) is 5.91 Å². The Morgan fingerprint density at radius 1 is 1.18 bits per heavy atom. The maximum Gasteiger partial charge on any atom is 0.260 e. The predicted octanol–water partition coefficient (Wildman–Crippen LogP) is 5.61. The molecular weight excluding hydrogens is 502 g/mol. The molecule has 2 heterocycles. The average Bonchev–Trinajstić information content (AvgIpc) is 3.25. The highest BCUT2D eigenvalue weighted by Crippen LogP contribution is 2.32. The third kappa shape index (κ3) is 6.53. The van der Waals surface area contributed by atoms with Crippen molar-refractivity contribution in [3.63, 3.8) is 0 Å². The van der Waals surface area contributed by atoms with Crippen LogP contribution in [0.2, 0.25) is 0 Å². The molecule has 0 saturated carbocycles. The number of carbonyl (C=O) groups is 1. The summed E-state index contributed by atoms with van der Waals surface area (Å²) in [5.41, 5.74) is 1.55. The molecule has 1 aromatic heterocycles. The minimum absolute atomic E-state index is 0.0322. The van der Waals surface area contributed by atoms with E-state index >= 15 is 0 Å². The molecule has 6 nitrogen and oxygen atoms in total. The Bertz CT molecular complexity index is 1050. The maximum absolute atomic E-state index is 13.6. The van der Waals surface area contributed by atoms with E-state index in [0.717, 1.165) is 77.7 Å². The van der Waals surface area contributed by atoms with Gasteiger partial charge < -0.3 is 9.47 Å². The van der Waals surface area contributed by atoms with Gasteiger partial charge in [-0.3, -0.25) is 14.6 Å². The Kier molecular flexibility index (Phi) is 8.72. The number of benzene rings is 2. The van der Waals surface area contributed by atoms with Crippen molar-refractivity contribution in [3.8, 4) is 5.75 Å². The molecule has 1 amide bonds. The number of anilines is 1. The molecule has 33 heavy (non-hydrogen) atoms. The number of fused-ring (bicyclic) bond motifs is 1. The molecule has 0 radical (unpaired) electrons. The van der Waals surface area contributed by atoms with Crippen LogP contribution in [-0.2, 0) is 4.74 Å². The number of unbranched alkanes of at least 4 members (excludes halogenated alkanes) is 1. The van der Waals surface area contributed by atoms with Crippen LogP contribution in [0.1, 0.15) is 36.5 Å². The molecule has 2 aromatic carbocycles. The van der Waals surface area contributed by atoms with E-state index in [2.05, 4.69) is 33.8 Å². The van der Waals surface area contributed by atoms with Crippen molar-refractivity contribution in [2.24, 2.45) is 0 Å². The van der Waals surface area contributed by atoms with Crippen molar-refractivity contribution in [1.29, 1.82) is 0 Å². The maximum atomic E-state index is 13.6. The van der Waals surface area contributed by atoms with Crippen molar-refractivity contribution < 1.29 is 14.3 Å². The summed E-state index contributed by atoms with van der Waals surface area (Å²) in [4.78, 5) is 22.5. The monoisotopic (exact) mass is 531 g/mol. The van der Waals surface area contributed by atoms with Gasteiger partial charge in [0.2, 0.25) is 0 Å². The lowest BCUT2D eigenvalue weighted by molar-refractivity contribution is 0.0376. The van der Waals surface area contributed by atoms with Crippen LogP contribution in [0.25, 0.3) is 10.2 Å². The van der Waals surface area contributed by atoms with Crippen molar-refractivity contribution >= 4 is 48.5 Å². The molecule has 1 aliphatic heterocycles. The fourth-order valence-corrected chi connectivity index (χ4v) is 5.29. The van der Waals surface area contributed by atoms with E-state index in [1.165, 1.54) is 0 Å². The predicted molar refractivity (Wildman–Crippen MR) is 138 cm³/mol. The summed E-state index contributed by atoms with van der Waals surface area (Å²) in [7, 11) is 0. The first-order valence-corrected chi connectivity index (χ1v) is 13.2. The van der Waals surface area contributed by atoms with Crippen molar-refractivity contribution in [2.75, 3.05) is 50.9 Å². The van der Waals surface area contributed by atoms with E-state index in [1.54, 1.807) is 11.3 Å². The summed E-state index contributed by atoms with van der Waals surface area (Å²) < 4.78 is 13.3. The number of rotatable bonds is 10. The van der Waals surface area contributed by atoms with Crippen LogP contribution < -0.4 is 9.64 Å². The van der Waals surface area contributed by atoms with Crippen molar-refractivity contribution in [3.05, 3.63) is 52.5 Å². The first-order valence-electron chi connectivity index (χ1n) is 11.5. The first-order chi connectivity index (χ1) is 16.1. The molecule has 0 bridgehead atoms. The van der Waals surface area contributed by atoms with E-state index < -0.39 is 0 Å². The van der Waals surface area contributed by atoms with Gasteiger partial charge in [-0.2, -0.15) is 0 Å². The van der Waals surface area contributed by atoms with Gasteiger partial charge in [-0.15, -0.1) is 0 Å². The normalized spacial score (nSPS) is 14.5. The number of halogens is 1. The molecule has 0 unspecified atom stereocenters. The number of morpholine rings is 1. The molecule has 176 valence electrons. The smallest absolute Gasteiger partial charge is 0.260 e. The SMILES string of the molecule is CCCCOc1ccc(C(=O)N(CCCN2CCOCC2)c2nc3ccc(Br)cc3s2)cc1. The molecule has 3 aromatic rings. The van der Waals surface area contributed by atoms with Gasteiger partial charge in [0.15, 0.2) is 5.13 Å². The third-order valence-electron chi connectivity index (χ3n) is 5.64. The third-order valence-corrected chi connectivity index (χ3v) is 7.18. The van der Waals surface area contributed by atoms with E-state index in [4.69, 9.17) is 14.5 Å². The second kappa shape index (κ2) is 11.9. The summed E-state index contributed by atoms with van der Waals surface area (Å²) in [5, 5.41) is 0.735. The molecule has 0 aliphatic carbocycles. The number of nitrogens with zero attached hydrogens (tertiary/aromatic N) is 3. The molecule has 8 heteroatoms. The Labute approximate surface area is 207 Å². The van der Waals surface area contributed by atoms with Crippen LogP contribution in [0, 0.1) is 0 Å². The number of ether oxygens (including phenoxy) is 2. The largest absolute Gasteiger partial charge is 0.494 e. The van der Waals surface area contributed by atoms with E-state index in [0.29, 0.717) is 18.7 Å². The summed E-state index contributed by atoms with van der Waals surface area (Å²) in [6, 6.07) is 13.5. The Morgan fingerprint density at radius 2 is 1.97 bits per heavy atom. The quantitative estimate of drug-likeness (QED) is 0.318. The lowest BCUT2D eigenvalue weighted by atomic mass is 10.2. The molecule has 0 atom stereocenters. The summed E-state index contributed by atoms with van der Waals surface area (Å²) in [6.45, 7) is 7.84. The Balaban J connectivity index is 1.51. The van der Waals surface area contributed by atoms with E-state index in [1.807, 2.05) is 41.3 Å². The zero-order valence-electron chi connectivity index (χ0n) is 19.0. The second-order valence-corrected chi connectivity index (χ2v) is 10.0. The highest BCUT2D eigenvalue weighted by atomic mass is 79.9. The zero-order valence-corrected chi connectivity index (χ0v) is 21.4. The number of carbonyl (C=O) groups excluding carboxylic acids is 1. The fourth-order valence-electron chi connectivity index (χ4n) is 3.75. The lowest BCUT2D eigenvalue weighted by Crippen LogP contribution is -2.39.